The van der Waals surface area contributed by atoms with Crippen LogP contribution in [0.15, 0.2) is 11.5 Å². The molecule has 3 atom stereocenters. The first-order valence-corrected chi connectivity index (χ1v) is 5.64. The number of carbonyl (C=O) groups excluding carboxylic acids is 1. The molecule has 4 nitrogen and oxygen atoms in total. The predicted octanol–water partition coefficient (Wildman–Crippen LogP) is 1.46. The number of aliphatic hydroxyl groups excluding tert-OH is 1. The Morgan fingerprint density at radius 2 is 2.00 bits per heavy atom. The first kappa shape index (κ1) is 11.5. The van der Waals surface area contributed by atoms with E-state index in [0.29, 0.717) is 0 Å². The molecule has 4 heteroatoms. The fourth-order valence-electron chi connectivity index (χ4n) is 2.45. The van der Waals surface area contributed by atoms with Gasteiger partial charge in [-0.1, -0.05) is 20.8 Å². The van der Waals surface area contributed by atoms with Gasteiger partial charge >= 0.3 is 0 Å². The number of ether oxygens (including phenoxy) is 1. The minimum absolute atomic E-state index is 0.0308. The maximum atomic E-state index is 11.8. The third-order valence-electron chi connectivity index (χ3n) is 3.21. The van der Waals surface area contributed by atoms with Crippen molar-refractivity contribution in [1.82, 2.24) is 4.90 Å². The van der Waals surface area contributed by atoms with Gasteiger partial charge in [0.2, 0.25) is 5.91 Å². The molecule has 0 radical (unpaired) electrons. The topological polar surface area (TPSA) is 49.8 Å². The molecule has 0 bridgehead atoms. The van der Waals surface area contributed by atoms with E-state index in [2.05, 4.69) is 20.8 Å². The first-order valence-electron chi connectivity index (χ1n) is 5.64. The molecular formula is C12H19NO3. The summed E-state index contributed by atoms with van der Waals surface area (Å²) >= 11 is 0. The van der Waals surface area contributed by atoms with Crippen LogP contribution in [0.5, 0.6) is 0 Å². The van der Waals surface area contributed by atoms with Gasteiger partial charge in [-0.25, -0.2) is 0 Å². The molecule has 0 aromatic rings. The number of hydrogen-bond acceptors (Lipinski definition) is 3. The Hall–Kier alpha value is -1.03. The minimum atomic E-state index is -0.652. The summed E-state index contributed by atoms with van der Waals surface area (Å²) in [4.78, 5) is 13.5. The lowest BCUT2D eigenvalue weighted by molar-refractivity contribution is -0.181. The van der Waals surface area contributed by atoms with Gasteiger partial charge in [-0.15, -0.1) is 0 Å². The second-order valence-corrected chi connectivity index (χ2v) is 5.65. The van der Waals surface area contributed by atoms with Gasteiger partial charge in [0.1, 0.15) is 11.7 Å². The second-order valence-electron chi connectivity index (χ2n) is 5.65. The second kappa shape index (κ2) is 3.23. The van der Waals surface area contributed by atoms with E-state index < -0.39 is 12.0 Å². The maximum Gasteiger partial charge on any atom is 0.241 e. The van der Waals surface area contributed by atoms with Crippen molar-refractivity contribution < 1.29 is 14.6 Å². The number of amides is 1. The molecule has 2 rings (SSSR count). The molecule has 1 amide bonds. The Bertz CT molecular complexity index is 365. The summed E-state index contributed by atoms with van der Waals surface area (Å²) in [6.45, 7) is 9.70. The molecular weight excluding hydrogens is 206 g/mol. The number of aliphatic hydroxyl groups is 1. The van der Waals surface area contributed by atoms with E-state index in [1.807, 2.05) is 6.92 Å². The summed E-state index contributed by atoms with van der Waals surface area (Å²) in [5.74, 6) is 0.417. The Labute approximate surface area is 95.9 Å². The summed E-state index contributed by atoms with van der Waals surface area (Å²) in [5.41, 5.74) is 0.782. The number of fused-ring (bicyclic) bond motifs is 1. The zero-order valence-corrected chi connectivity index (χ0v) is 10.4. The van der Waals surface area contributed by atoms with Crippen LogP contribution in [0.2, 0.25) is 0 Å². The molecule has 2 heterocycles. The molecule has 16 heavy (non-hydrogen) atoms. The molecule has 1 saturated heterocycles. The molecule has 0 aromatic carbocycles. The largest absolute Gasteiger partial charge is 0.471 e. The Morgan fingerprint density at radius 3 is 2.44 bits per heavy atom. The van der Waals surface area contributed by atoms with E-state index in [0.717, 1.165) is 11.5 Å². The molecule has 0 aromatic heterocycles. The summed E-state index contributed by atoms with van der Waals surface area (Å²) < 4.78 is 5.81. The zero-order chi connectivity index (χ0) is 12.2. The van der Waals surface area contributed by atoms with Crippen molar-refractivity contribution in [2.24, 2.45) is 11.3 Å². The van der Waals surface area contributed by atoms with Gasteiger partial charge in [0.25, 0.3) is 0 Å². The molecule has 1 fully saturated rings. The third kappa shape index (κ3) is 1.36. The van der Waals surface area contributed by atoms with Crippen LogP contribution < -0.4 is 0 Å². The molecule has 0 spiro atoms. The Morgan fingerprint density at radius 1 is 1.44 bits per heavy atom. The van der Waals surface area contributed by atoms with Crippen molar-refractivity contribution >= 4 is 5.91 Å². The minimum Gasteiger partial charge on any atom is -0.471 e. The van der Waals surface area contributed by atoms with Crippen molar-refractivity contribution in [2.45, 2.75) is 47.0 Å². The van der Waals surface area contributed by atoms with Crippen molar-refractivity contribution in [3.8, 4) is 0 Å². The van der Waals surface area contributed by atoms with Crippen LogP contribution in [-0.2, 0) is 9.53 Å². The van der Waals surface area contributed by atoms with Crippen LogP contribution >= 0.6 is 0 Å². The summed E-state index contributed by atoms with van der Waals surface area (Å²) in [5, 5.41) is 9.52. The molecule has 3 unspecified atom stereocenters. The first-order chi connectivity index (χ1) is 7.25. The van der Waals surface area contributed by atoms with Crippen molar-refractivity contribution in [3.63, 3.8) is 0 Å². The molecule has 0 aliphatic carbocycles. The zero-order valence-electron chi connectivity index (χ0n) is 10.4. The van der Waals surface area contributed by atoms with E-state index >= 15 is 0 Å². The van der Waals surface area contributed by atoms with Crippen LogP contribution in [-0.4, -0.2) is 28.2 Å². The van der Waals surface area contributed by atoms with E-state index in [1.54, 1.807) is 11.8 Å². The van der Waals surface area contributed by atoms with Gasteiger partial charge in [-0.2, -0.15) is 0 Å². The van der Waals surface area contributed by atoms with Crippen LogP contribution in [0.3, 0.4) is 0 Å². The highest BCUT2D eigenvalue weighted by atomic mass is 16.5. The number of β-lactam (4-membered cyclic amide) rings is 1. The number of carbonyl (C=O) groups is 1. The lowest BCUT2D eigenvalue weighted by Gasteiger charge is -2.42. The standard InChI is InChI=1S/C12H19NO3/c1-6-9(12(3,4)5)16-11-8(7(2)14)10(15)13(6)11/h7-8,11,14H,1-5H3. The average molecular weight is 225 g/mol. The Kier molecular flexibility index (Phi) is 2.31. The van der Waals surface area contributed by atoms with Gasteiger partial charge < -0.3 is 9.84 Å². The van der Waals surface area contributed by atoms with Crippen LogP contribution in [0.25, 0.3) is 0 Å². The number of hydrogen-bond donors (Lipinski definition) is 1. The van der Waals surface area contributed by atoms with Gasteiger partial charge in [0.15, 0.2) is 6.23 Å². The van der Waals surface area contributed by atoms with Crippen molar-refractivity contribution in [2.75, 3.05) is 0 Å². The lowest BCUT2D eigenvalue weighted by Crippen LogP contribution is -2.61. The van der Waals surface area contributed by atoms with Gasteiger partial charge in [0.05, 0.1) is 11.8 Å². The SMILES string of the molecule is CC1=C(C(C)(C)C)OC2C(C(C)O)C(=O)N12. The maximum absolute atomic E-state index is 11.8. The smallest absolute Gasteiger partial charge is 0.241 e. The van der Waals surface area contributed by atoms with Crippen LogP contribution in [0, 0.1) is 11.3 Å². The molecule has 1 N–H and O–H groups in total. The van der Waals surface area contributed by atoms with Crippen molar-refractivity contribution in [1.29, 1.82) is 0 Å². The van der Waals surface area contributed by atoms with Gasteiger partial charge in [-0.05, 0) is 13.8 Å². The van der Waals surface area contributed by atoms with E-state index in [4.69, 9.17) is 4.74 Å². The normalized spacial score (nSPS) is 31.1. The number of allylic oxidation sites excluding steroid dienone is 2. The summed E-state index contributed by atoms with van der Waals surface area (Å²) in [6, 6.07) is 0. The van der Waals surface area contributed by atoms with E-state index in [1.165, 1.54) is 0 Å². The third-order valence-corrected chi connectivity index (χ3v) is 3.21. The highest BCUT2D eigenvalue weighted by Crippen LogP contribution is 2.46. The Balaban J connectivity index is 2.26. The van der Waals surface area contributed by atoms with E-state index in [9.17, 15) is 9.90 Å². The van der Waals surface area contributed by atoms with Crippen LogP contribution in [0.1, 0.15) is 34.6 Å². The quantitative estimate of drug-likeness (QED) is 0.687. The molecule has 90 valence electrons. The predicted molar refractivity (Wildman–Crippen MR) is 59.0 cm³/mol. The molecule has 2 aliphatic heterocycles. The summed E-state index contributed by atoms with van der Waals surface area (Å²) in [6.07, 6.45) is -0.942. The highest BCUT2D eigenvalue weighted by Gasteiger charge is 2.57. The molecule has 0 saturated carbocycles. The average Bonchev–Trinajstić information content (AvgIpc) is 2.35. The summed E-state index contributed by atoms with van der Waals surface area (Å²) in [7, 11) is 0. The highest BCUT2D eigenvalue weighted by molar-refractivity contribution is 5.88. The van der Waals surface area contributed by atoms with Crippen LogP contribution in [0.4, 0.5) is 0 Å². The fourth-order valence-corrected chi connectivity index (χ4v) is 2.45. The van der Waals surface area contributed by atoms with E-state index in [-0.39, 0.29) is 17.6 Å². The lowest BCUT2D eigenvalue weighted by atomic mass is 9.90. The van der Waals surface area contributed by atoms with Gasteiger partial charge in [0, 0.05) is 5.41 Å². The number of nitrogens with zero attached hydrogens (tertiary/aromatic N) is 1. The van der Waals surface area contributed by atoms with Gasteiger partial charge in [-0.3, -0.25) is 9.69 Å². The van der Waals surface area contributed by atoms with Crippen molar-refractivity contribution in [3.05, 3.63) is 11.5 Å². The monoisotopic (exact) mass is 225 g/mol. The number of rotatable bonds is 1. The fraction of sp³-hybridized carbons (Fsp3) is 0.750. The molecule has 2 aliphatic rings.